The zero-order chi connectivity index (χ0) is 13.7. The van der Waals surface area contributed by atoms with Gasteiger partial charge in [-0.25, -0.2) is 4.79 Å². The van der Waals surface area contributed by atoms with Gasteiger partial charge in [-0.3, -0.25) is 4.79 Å². The number of carbonyl (C=O) groups is 2. The SMILES string of the molecule is CCN(CC(=O)O)C(=O)NC(C)c1ccc(C)s1. The average Bonchev–Trinajstić information content (AvgIpc) is 2.72. The summed E-state index contributed by atoms with van der Waals surface area (Å²) < 4.78 is 0. The van der Waals surface area contributed by atoms with Gasteiger partial charge in [0.15, 0.2) is 0 Å². The quantitative estimate of drug-likeness (QED) is 0.862. The van der Waals surface area contributed by atoms with Crippen molar-refractivity contribution in [1.82, 2.24) is 10.2 Å². The first-order chi connectivity index (χ1) is 8.43. The molecular weight excluding hydrogens is 252 g/mol. The normalized spacial score (nSPS) is 11.9. The van der Waals surface area contributed by atoms with E-state index in [1.54, 1.807) is 18.3 Å². The van der Waals surface area contributed by atoms with Crippen LogP contribution in [0.3, 0.4) is 0 Å². The van der Waals surface area contributed by atoms with Crippen LogP contribution in [0.5, 0.6) is 0 Å². The fourth-order valence-corrected chi connectivity index (χ4v) is 2.40. The molecule has 0 aliphatic rings. The minimum Gasteiger partial charge on any atom is -0.480 e. The van der Waals surface area contributed by atoms with Gasteiger partial charge in [-0.2, -0.15) is 0 Å². The van der Waals surface area contributed by atoms with E-state index < -0.39 is 5.97 Å². The molecule has 0 aliphatic carbocycles. The maximum atomic E-state index is 11.9. The molecule has 0 bridgehead atoms. The predicted octanol–water partition coefficient (Wildman–Crippen LogP) is 2.23. The fraction of sp³-hybridized carbons (Fsp3) is 0.500. The second kappa shape index (κ2) is 6.39. The van der Waals surface area contributed by atoms with Crippen molar-refractivity contribution in [2.75, 3.05) is 13.1 Å². The van der Waals surface area contributed by atoms with E-state index in [4.69, 9.17) is 5.11 Å². The Morgan fingerprint density at radius 3 is 2.61 bits per heavy atom. The first-order valence-corrected chi connectivity index (χ1v) is 6.59. The predicted molar refractivity (Wildman–Crippen MR) is 70.9 cm³/mol. The first-order valence-electron chi connectivity index (χ1n) is 5.77. The van der Waals surface area contributed by atoms with Gasteiger partial charge in [0, 0.05) is 16.3 Å². The smallest absolute Gasteiger partial charge is 0.323 e. The summed E-state index contributed by atoms with van der Waals surface area (Å²) in [6, 6.07) is 3.51. The number of carboxylic acids is 1. The lowest BCUT2D eigenvalue weighted by atomic mass is 10.3. The van der Waals surface area contributed by atoms with Crippen LogP contribution < -0.4 is 5.32 Å². The van der Waals surface area contributed by atoms with Crippen molar-refractivity contribution in [2.24, 2.45) is 0 Å². The highest BCUT2D eigenvalue weighted by atomic mass is 32.1. The van der Waals surface area contributed by atoms with E-state index >= 15 is 0 Å². The molecule has 0 fully saturated rings. The monoisotopic (exact) mass is 270 g/mol. The standard InChI is InChI=1S/C12H18N2O3S/c1-4-14(7-11(15)16)12(17)13-9(3)10-6-5-8(2)18-10/h5-6,9H,4,7H2,1-3H3,(H,13,17)(H,15,16). The van der Waals surface area contributed by atoms with Gasteiger partial charge >= 0.3 is 12.0 Å². The molecule has 1 unspecified atom stereocenters. The second-order valence-corrected chi connectivity index (χ2v) is 5.35. The summed E-state index contributed by atoms with van der Waals surface area (Å²) in [5.74, 6) is -1.01. The van der Waals surface area contributed by atoms with Crippen LogP contribution >= 0.6 is 11.3 Å². The number of nitrogens with one attached hydrogen (secondary N) is 1. The average molecular weight is 270 g/mol. The molecule has 6 heteroatoms. The molecule has 1 heterocycles. The van der Waals surface area contributed by atoms with Gasteiger partial charge in [0.2, 0.25) is 0 Å². The van der Waals surface area contributed by atoms with Gasteiger partial charge in [0.25, 0.3) is 0 Å². The third-order valence-corrected chi connectivity index (χ3v) is 3.71. The Hall–Kier alpha value is -1.56. The number of likely N-dealkylation sites (N-methyl/N-ethyl adjacent to an activating group) is 1. The van der Waals surface area contributed by atoms with Crippen molar-refractivity contribution < 1.29 is 14.7 Å². The van der Waals surface area contributed by atoms with E-state index in [-0.39, 0.29) is 18.6 Å². The molecule has 0 aromatic carbocycles. The highest BCUT2D eigenvalue weighted by molar-refractivity contribution is 7.12. The van der Waals surface area contributed by atoms with Crippen molar-refractivity contribution in [1.29, 1.82) is 0 Å². The van der Waals surface area contributed by atoms with Crippen LogP contribution in [0.1, 0.15) is 29.6 Å². The summed E-state index contributed by atoms with van der Waals surface area (Å²) in [6.07, 6.45) is 0. The molecule has 1 atom stereocenters. The van der Waals surface area contributed by atoms with E-state index in [1.807, 2.05) is 26.0 Å². The molecule has 0 saturated carbocycles. The number of urea groups is 1. The molecule has 100 valence electrons. The Kier molecular flexibility index (Phi) is 5.15. The van der Waals surface area contributed by atoms with E-state index in [1.165, 1.54) is 9.78 Å². The molecule has 1 rings (SSSR count). The van der Waals surface area contributed by atoms with E-state index in [0.29, 0.717) is 6.54 Å². The van der Waals surface area contributed by atoms with Gasteiger partial charge < -0.3 is 15.3 Å². The Bertz CT molecular complexity index is 431. The summed E-state index contributed by atoms with van der Waals surface area (Å²) in [6.45, 7) is 5.73. The highest BCUT2D eigenvalue weighted by Gasteiger charge is 2.18. The first kappa shape index (κ1) is 14.5. The largest absolute Gasteiger partial charge is 0.480 e. The van der Waals surface area contributed by atoms with E-state index in [0.717, 1.165) is 4.88 Å². The number of aryl methyl sites for hydroxylation is 1. The highest BCUT2D eigenvalue weighted by Crippen LogP contribution is 2.22. The van der Waals surface area contributed by atoms with Gasteiger partial charge in [0.05, 0.1) is 6.04 Å². The molecule has 18 heavy (non-hydrogen) atoms. The molecule has 5 nitrogen and oxygen atoms in total. The summed E-state index contributed by atoms with van der Waals surface area (Å²) in [5, 5.41) is 11.5. The van der Waals surface area contributed by atoms with E-state index in [9.17, 15) is 9.59 Å². The second-order valence-electron chi connectivity index (χ2n) is 4.03. The fourth-order valence-electron chi connectivity index (χ4n) is 1.52. The molecule has 2 N–H and O–H groups in total. The Morgan fingerprint density at radius 2 is 2.17 bits per heavy atom. The molecule has 0 spiro atoms. The Balaban J connectivity index is 2.60. The van der Waals surface area contributed by atoms with Crippen LogP contribution in [0.15, 0.2) is 12.1 Å². The van der Waals surface area contributed by atoms with Gasteiger partial charge in [0.1, 0.15) is 6.54 Å². The maximum absolute atomic E-state index is 11.9. The third-order valence-electron chi connectivity index (χ3n) is 2.52. The lowest BCUT2D eigenvalue weighted by Crippen LogP contribution is -2.43. The Morgan fingerprint density at radius 1 is 1.50 bits per heavy atom. The van der Waals surface area contributed by atoms with Crippen molar-refractivity contribution in [3.05, 3.63) is 21.9 Å². The molecule has 2 amide bonds. The number of hydrogen-bond acceptors (Lipinski definition) is 3. The lowest BCUT2D eigenvalue weighted by Gasteiger charge is -2.21. The van der Waals surface area contributed by atoms with Crippen molar-refractivity contribution in [3.63, 3.8) is 0 Å². The molecule has 0 radical (unpaired) electrons. The van der Waals surface area contributed by atoms with Gasteiger partial charge in [-0.05, 0) is 32.9 Å². The minimum atomic E-state index is -1.01. The van der Waals surface area contributed by atoms with E-state index in [2.05, 4.69) is 5.32 Å². The van der Waals surface area contributed by atoms with Crippen LogP contribution in [-0.2, 0) is 4.79 Å². The topological polar surface area (TPSA) is 69.6 Å². The van der Waals surface area contributed by atoms with Crippen LogP contribution in [0, 0.1) is 6.92 Å². The maximum Gasteiger partial charge on any atom is 0.323 e. The molecule has 1 aromatic heterocycles. The van der Waals surface area contributed by atoms with Crippen molar-refractivity contribution >= 4 is 23.3 Å². The van der Waals surface area contributed by atoms with Crippen LogP contribution in [0.2, 0.25) is 0 Å². The number of thiophene rings is 1. The van der Waals surface area contributed by atoms with Crippen molar-refractivity contribution in [2.45, 2.75) is 26.8 Å². The summed E-state index contributed by atoms with van der Waals surface area (Å²) in [5.41, 5.74) is 0. The summed E-state index contributed by atoms with van der Waals surface area (Å²) in [7, 11) is 0. The number of rotatable bonds is 5. The minimum absolute atomic E-state index is 0.112. The lowest BCUT2D eigenvalue weighted by molar-refractivity contribution is -0.137. The molecule has 0 saturated heterocycles. The molecule has 1 aromatic rings. The van der Waals surface area contributed by atoms with Crippen molar-refractivity contribution in [3.8, 4) is 0 Å². The Labute approximate surface area is 110 Å². The number of amides is 2. The number of hydrogen-bond donors (Lipinski definition) is 2. The summed E-state index contributed by atoms with van der Waals surface area (Å²) >= 11 is 1.62. The number of aliphatic carboxylic acids is 1. The van der Waals surface area contributed by atoms with Gasteiger partial charge in [-0.1, -0.05) is 0 Å². The zero-order valence-electron chi connectivity index (χ0n) is 10.8. The number of carbonyl (C=O) groups excluding carboxylic acids is 1. The van der Waals surface area contributed by atoms with Crippen LogP contribution in [-0.4, -0.2) is 35.1 Å². The third kappa shape index (κ3) is 4.03. The molecule has 0 aliphatic heterocycles. The summed E-state index contributed by atoms with van der Waals surface area (Å²) in [4.78, 5) is 26.0. The van der Waals surface area contributed by atoms with Crippen LogP contribution in [0.4, 0.5) is 4.79 Å². The van der Waals surface area contributed by atoms with Crippen LogP contribution in [0.25, 0.3) is 0 Å². The number of carboxylic acid groups (broad SMARTS) is 1. The number of nitrogens with zero attached hydrogens (tertiary/aromatic N) is 1. The van der Waals surface area contributed by atoms with Gasteiger partial charge in [-0.15, -0.1) is 11.3 Å². The molecular formula is C12H18N2O3S. The zero-order valence-corrected chi connectivity index (χ0v) is 11.6.